The first kappa shape index (κ1) is 15.9. The number of hydrogen-bond donors (Lipinski definition) is 1. The summed E-state index contributed by atoms with van der Waals surface area (Å²) in [7, 11) is 0. The molecule has 0 radical (unpaired) electrons. The molecule has 0 aromatic carbocycles. The van der Waals surface area contributed by atoms with E-state index in [4.69, 9.17) is 0 Å². The molecule has 8 nitrogen and oxygen atoms in total. The Hall–Kier alpha value is -2.95. The van der Waals surface area contributed by atoms with Crippen LogP contribution in [0.1, 0.15) is 25.5 Å². The Morgan fingerprint density at radius 1 is 1.42 bits per heavy atom. The van der Waals surface area contributed by atoms with Crippen LogP contribution in [-0.2, 0) is 4.79 Å². The number of anilines is 1. The second-order valence-electron chi connectivity index (χ2n) is 6.11. The molecule has 1 saturated heterocycles. The van der Waals surface area contributed by atoms with Crippen LogP contribution < -0.4 is 10.2 Å². The molecule has 0 bridgehead atoms. The second-order valence-corrected chi connectivity index (χ2v) is 6.11. The Morgan fingerprint density at radius 3 is 2.92 bits per heavy atom. The summed E-state index contributed by atoms with van der Waals surface area (Å²) in [6.07, 6.45) is 5.07. The Morgan fingerprint density at radius 2 is 2.25 bits per heavy atom. The summed E-state index contributed by atoms with van der Waals surface area (Å²) in [5.74, 6) is 0.528. The molecule has 1 amide bonds. The van der Waals surface area contributed by atoms with E-state index in [0.717, 1.165) is 0 Å². The maximum absolute atomic E-state index is 12.1. The predicted molar refractivity (Wildman–Crippen MR) is 87.0 cm³/mol. The molecule has 8 heteroatoms. The van der Waals surface area contributed by atoms with E-state index < -0.39 is 0 Å². The first-order chi connectivity index (χ1) is 11.6. The molecule has 3 heterocycles. The third kappa shape index (κ3) is 3.06. The number of nitrogens with one attached hydrogen (secondary N) is 1. The summed E-state index contributed by atoms with van der Waals surface area (Å²) in [5, 5.41) is 20.3. The molecule has 1 N–H and O–H groups in total. The molecule has 0 spiro atoms. The average molecular weight is 325 g/mol. The van der Waals surface area contributed by atoms with E-state index in [1.807, 2.05) is 18.7 Å². The number of carbonyl (C=O) groups is 1. The van der Waals surface area contributed by atoms with Gasteiger partial charge in [0.05, 0.1) is 23.8 Å². The topological polar surface area (TPSA) is 99.7 Å². The molecule has 3 rings (SSSR count). The Kier molecular flexibility index (Phi) is 4.42. The van der Waals surface area contributed by atoms with E-state index >= 15 is 0 Å². The Balaban J connectivity index is 1.87. The molecule has 1 fully saturated rings. The smallest absolute Gasteiger partial charge is 0.222 e. The van der Waals surface area contributed by atoms with E-state index in [1.165, 1.54) is 0 Å². The van der Waals surface area contributed by atoms with Crippen LogP contribution in [0.15, 0.2) is 30.7 Å². The van der Waals surface area contributed by atoms with Crippen molar-refractivity contribution in [2.75, 3.05) is 18.0 Å². The highest BCUT2D eigenvalue weighted by atomic mass is 16.1. The molecule has 0 aliphatic carbocycles. The lowest BCUT2D eigenvalue weighted by Crippen LogP contribution is -2.43. The fourth-order valence-corrected chi connectivity index (χ4v) is 2.85. The van der Waals surface area contributed by atoms with Gasteiger partial charge in [0.25, 0.3) is 0 Å². The molecular formula is C16H19N7O. The minimum atomic E-state index is -0.129. The van der Waals surface area contributed by atoms with E-state index in [9.17, 15) is 10.1 Å². The largest absolute Gasteiger partial charge is 0.351 e. The number of hydrogen-bond acceptors (Lipinski definition) is 6. The third-order valence-corrected chi connectivity index (χ3v) is 4.13. The molecule has 124 valence electrons. The van der Waals surface area contributed by atoms with Gasteiger partial charge in [-0.05, 0) is 12.1 Å². The summed E-state index contributed by atoms with van der Waals surface area (Å²) in [6, 6.07) is 5.46. The van der Waals surface area contributed by atoms with Crippen molar-refractivity contribution in [2.24, 2.45) is 5.92 Å². The molecule has 2 aromatic rings. The van der Waals surface area contributed by atoms with Gasteiger partial charge in [0.2, 0.25) is 5.91 Å². The predicted octanol–water partition coefficient (Wildman–Crippen LogP) is 0.747. The summed E-state index contributed by atoms with van der Waals surface area (Å²) < 4.78 is 1.75. The molecule has 1 aliphatic heterocycles. The van der Waals surface area contributed by atoms with E-state index in [-0.39, 0.29) is 23.9 Å². The van der Waals surface area contributed by atoms with Crippen LogP contribution in [0.3, 0.4) is 0 Å². The minimum Gasteiger partial charge on any atom is -0.351 e. The van der Waals surface area contributed by atoms with Gasteiger partial charge in [-0.15, -0.1) is 5.10 Å². The summed E-state index contributed by atoms with van der Waals surface area (Å²) in [4.78, 5) is 18.5. The molecule has 0 unspecified atom stereocenters. The number of nitriles is 1. The van der Waals surface area contributed by atoms with Crippen LogP contribution in [0.25, 0.3) is 0 Å². The van der Waals surface area contributed by atoms with Crippen LogP contribution >= 0.6 is 0 Å². The third-order valence-electron chi connectivity index (χ3n) is 4.13. The van der Waals surface area contributed by atoms with Gasteiger partial charge in [0.1, 0.15) is 11.9 Å². The van der Waals surface area contributed by atoms with Gasteiger partial charge in [-0.3, -0.25) is 4.79 Å². The van der Waals surface area contributed by atoms with Crippen molar-refractivity contribution in [3.05, 3.63) is 36.3 Å². The van der Waals surface area contributed by atoms with Crippen molar-refractivity contribution in [3.8, 4) is 6.07 Å². The van der Waals surface area contributed by atoms with Crippen molar-refractivity contribution in [1.82, 2.24) is 25.3 Å². The first-order valence-corrected chi connectivity index (χ1v) is 7.86. The Labute approximate surface area is 140 Å². The molecule has 24 heavy (non-hydrogen) atoms. The number of nitrogens with zero attached hydrogens (tertiary/aromatic N) is 6. The molecule has 2 aromatic heterocycles. The number of amides is 1. The summed E-state index contributed by atoms with van der Waals surface area (Å²) in [6.45, 7) is 4.88. The zero-order valence-electron chi connectivity index (χ0n) is 13.6. The lowest BCUT2D eigenvalue weighted by atomic mass is 10.1. The van der Waals surface area contributed by atoms with Crippen LogP contribution in [0.5, 0.6) is 0 Å². The molecule has 2 atom stereocenters. The lowest BCUT2D eigenvalue weighted by molar-refractivity contribution is -0.124. The number of rotatable bonds is 4. The average Bonchev–Trinajstić information content (AvgIpc) is 3.24. The van der Waals surface area contributed by atoms with Crippen molar-refractivity contribution >= 4 is 11.7 Å². The molecule has 1 aliphatic rings. The maximum Gasteiger partial charge on any atom is 0.222 e. The number of carbonyl (C=O) groups excluding carboxylic acids is 1. The fraction of sp³-hybridized carbons (Fsp3) is 0.438. The quantitative estimate of drug-likeness (QED) is 0.890. The van der Waals surface area contributed by atoms with Gasteiger partial charge in [-0.2, -0.15) is 5.26 Å². The fourth-order valence-electron chi connectivity index (χ4n) is 2.85. The zero-order chi connectivity index (χ0) is 17.1. The monoisotopic (exact) mass is 325 g/mol. The SMILES string of the molecule is CC(C)C(=O)N[C@@H]1CN(c2ncccc2C#N)C[C@@H]1n1ccnn1. The first-order valence-electron chi connectivity index (χ1n) is 7.86. The van der Waals surface area contributed by atoms with Gasteiger partial charge in [0, 0.05) is 31.4 Å². The van der Waals surface area contributed by atoms with Crippen LogP contribution in [0, 0.1) is 17.2 Å². The number of pyridine rings is 1. The summed E-state index contributed by atoms with van der Waals surface area (Å²) >= 11 is 0. The van der Waals surface area contributed by atoms with E-state index in [1.54, 1.807) is 35.4 Å². The molecule has 0 saturated carbocycles. The van der Waals surface area contributed by atoms with Gasteiger partial charge in [0.15, 0.2) is 0 Å². The molecular weight excluding hydrogens is 306 g/mol. The Bertz CT molecular complexity index is 750. The van der Waals surface area contributed by atoms with Crippen molar-refractivity contribution in [1.29, 1.82) is 5.26 Å². The van der Waals surface area contributed by atoms with Crippen LogP contribution in [0.2, 0.25) is 0 Å². The van der Waals surface area contributed by atoms with Crippen LogP contribution in [0.4, 0.5) is 5.82 Å². The highest BCUT2D eigenvalue weighted by Gasteiger charge is 2.37. The van der Waals surface area contributed by atoms with Crippen LogP contribution in [-0.4, -0.2) is 45.0 Å². The second kappa shape index (κ2) is 6.66. The van der Waals surface area contributed by atoms with Gasteiger partial charge in [-0.25, -0.2) is 9.67 Å². The maximum atomic E-state index is 12.1. The lowest BCUT2D eigenvalue weighted by Gasteiger charge is -2.20. The summed E-state index contributed by atoms with van der Waals surface area (Å²) in [5.41, 5.74) is 0.519. The highest BCUT2D eigenvalue weighted by Crippen LogP contribution is 2.27. The van der Waals surface area contributed by atoms with Gasteiger partial charge < -0.3 is 10.2 Å². The standard InChI is InChI=1S/C16H19N7O/c1-11(2)16(24)20-13-9-22(10-14(13)23-7-6-19-21-23)15-12(8-17)4-3-5-18-15/h3-7,11,13-14H,9-10H2,1-2H3,(H,20,24)/t13-,14+/m1/s1. The van der Waals surface area contributed by atoms with Crippen molar-refractivity contribution in [3.63, 3.8) is 0 Å². The van der Waals surface area contributed by atoms with Gasteiger partial charge in [-0.1, -0.05) is 19.1 Å². The van der Waals surface area contributed by atoms with Crippen molar-refractivity contribution in [2.45, 2.75) is 25.9 Å². The van der Waals surface area contributed by atoms with E-state index in [0.29, 0.717) is 24.5 Å². The zero-order valence-corrected chi connectivity index (χ0v) is 13.6. The highest BCUT2D eigenvalue weighted by molar-refractivity contribution is 5.78. The normalized spacial score (nSPS) is 20.2. The van der Waals surface area contributed by atoms with Crippen molar-refractivity contribution < 1.29 is 4.79 Å². The minimum absolute atomic E-state index is 0.00603. The van der Waals surface area contributed by atoms with Gasteiger partial charge >= 0.3 is 0 Å². The van der Waals surface area contributed by atoms with E-state index in [2.05, 4.69) is 26.7 Å². The number of aromatic nitrogens is 4.